The SMILES string of the molecule is C=C1OC(=O)C(C(=O)CC(C)CC(=O)C=CC=CC=CC)=C1OC. The summed E-state index contributed by atoms with van der Waals surface area (Å²) < 4.78 is 9.80. The van der Waals surface area contributed by atoms with E-state index in [2.05, 4.69) is 6.58 Å². The van der Waals surface area contributed by atoms with E-state index in [-0.39, 0.29) is 41.6 Å². The van der Waals surface area contributed by atoms with E-state index in [4.69, 9.17) is 9.47 Å². The molecule has 1 unspecified atom stereocenters. The van der Waals surface area contributed by atoms with Gasteiger partial charge in [-0.15, -0.1) is 0 Å². The van der Waals surface area contributed by atoms with Crippen molar-refractivity contribution in [3.05, 3.63) is 60.1 Å². The summed E-state index contributed by atoms with van der Waals surface area (Å²) in [5.74, 6) is -1.36. The zero-order valence-electron chi connectivity index (χ0n) is 14.2. The van der Waals surface area contributed by atoms with E-state index in [1.807, 2.05) is 25.2 Å². The first-order chi connectivity index (χ1) is 11.4. The second-order valence-corrected chi connectivity index (χ2v) is 5.39. The van der Waals surface area contributed by atoms with Crippen molar-refractivity contribution in [3.63, 3.8) is 0 Å². The topological polar surface area (TPSA) is 69.7 Å². The second-order valence-electron chi connectivity index (χ2n) is 5.39. The first-order valence-corrected chi connectivity index (χ1v) is 7.62. The molecule has 1 aliphatic rings. The van der Waals surface area contributed by atoms with Gasteiger partial charge >= 0.3 is 5.97 Å². The Morgan fingerprint density at radius 2 is 1.88 bits per heavy atom. The fourth-order valence-electron chi connectivity index (χ4n) is 2.20. The summed E-state index contributed by atoms with van der Waals surface area (Å²) >= 11 is 0. The molecule has 128 valence electrons. The van der Waals surface area contributed by atoms with Gasteiger partial charge in [-0.2, -0.15) is 0 Å². The average Bonchev–Trinajstić information content (AvgIpc) is 2.80. The van der Waals surface area contributed by atoms with Crippen LogP contribution in [0.2, 0.25) is 0 Å². The molecule has 1 atom stereocenters. The van der Waals surface area contributed by atoms with Crippen molar-refractivity contribution < 1.29 is 23.9 Å². The van der Waals surface area contributed by atoms with Gasteiger partial charge in [-0.1, -0.05) is 43.9 Å². The van der Waals surface area contributed by atoms with Crippen LogP contribution in [-0.4, -0.2) is 24.6 Å². The van der Waals surface area contributed by atoms with Crippen LogP contribution in [0, 0.1) is 5.92 Å². The summed E-state index contributed by atoms with van der Waals surface area (Å²) in [5.41, 5.74) is -0.133. The maximum atomic E-state index is 12.3. The van der Waals surface area contributed by atoms with Crippen LogP contribution in [0.5, 0.6) is 0 Å². The number of Topliss-reactive ketones (excluding diaryl/α,β-unsaturated/α-hetero) is 1. The van der Waals surface area contributed by atoms with Gasteiger partial charge in [-0.25, -0.2) is 4.79 Å². The molecule has 5 nitrogen and oxygen atoms in total. The highest BCUT2D eigenvalue weighted by molar-refractivity contribution is 6.20. The quantitative estimate of drug-likeness (QED) is 0.281. The molecule has 1 rings (SSSR count). The van der Waals surface area contributed by atoms with Crippen LogP contribution in [0.15, 0.2) is 60.1 Å². The Hall–Kier alpha value is -2.69. The van der Waals surface area contributed by atoms with Crippen molar-refractivity contribution in [1.82, 2.24) is 0 Å². The highest BCUT2D eigenvalue weighted by Crippen LogP contribution is 2.27. The number of allylic oxidation sites excluding steroid dienone is 6. The van der Waals surface area contributed by atoms with E-state index in [0.29, 0.717) is 0 Å². The number of carbonyl (C=O) groups is 3. The lowest BCUT2D eigenvalue weighted by Gasteiger charge is -2.08. The lowest BCUT2D eigenvalue weighted by atomic mass is 9.95. The van der Waals surface area contributed by atoms with E-state index < -0.39 is 11.8 Å². The summed E-state index contributed by atoms with van der Waals surface area (Å²) in [7, 11) is 1.34. The molecule has 0 aliphatic carbocycles. The molecule has 0 amide bonds. The molecule has 0 aromatic heterocycles. The number of cyclic esters (lactones) is 1. The predicted molar refractivity (Wildman–Crippen MR) is 90.8 cm³/mol. The third-order valence-corrected chi connectivity index (χ3v) is 3.27. The first-order valence-electron chi connectivity index (χ1n) is 7.62. The van der Waals surface area contributed by atoms with Gasteiger partial charge < -0.3 is 9.47 Å². The highest BCUT2D eigenvalue weighted by Gasteiger charge is 2.35. The number of rotatable bonds is 9. The average molecular weight is 330 g/mol. The van der Waals surface area contributed by atoms with Crippen LogP contribution < -0.4 is 0 Å². The van der Waals surface area contributed by atoms with Gasteiger partial charge in [0.15, 0.2) is 23.1 Å². The molecule has 24 heavy (non-hydrogen) atoms. The van der Waals surface area contributed by atoms with Crippen molar-refractivity contribution in [2.24, 2.45) is 5.92 Å². The van der Waals surface area contributed by atoms with Crippen LogP contribution in [0.4, 0.5) is 0 Å². The van der Waals surface area contributed by atoms with Crippen LogP contribution in [-0.2, 0) is 23.9 Å². The maximum absolute atomic E-state index is 12.3. The number of hydrogen-bond acceptors (Lipinski definition) is 5. The number of esters is 1. The smallest absolute Gasteiger partial charge is 0.351 e. The number of hydrogen-bond donors (Lipinski definition) is 0. The molecule has 0 fully saturated rings. The van der Waals surface area contributed by atoms with Crippen molar-refractivity contribution >= 4 is 17.5 Å². The highest BCUT2D eigenvalue weighted by atomic mass is 16.6. The molecule has 0 spiro atoms. The van der Waals surface area contributed by atoms with Gasteiger partial charge in [0.1, 0.15) is 5.57 Å². The minimum Gasteiger partial charge on any atom is -0.492 e. The molecule has 1 heterocycles. The van der Waals surface area contributed by atoms with Crippen LogP contribution in [0.25, 0.3) is 0 Å². The van der Waals surface area contributed by atoms with Gasteiger partial charge in [0, 0.05) is 12.8 Å². The van der Waals surface area contributed by atoms with Gasteiger partial charge in [0.05, 0.1) is 7.11 Å². The predicted octanol–water partition coefficient (Wildman–Crippen LogP) is 3.20. The van der Waals surface area contributed by atoms with Crippen molar-refractivity contribution in [3.8, 4) is 0 Å². The number of ether oxygens (including phenoxy) is 2. The summed E-state index contributed by atoms with van der Waals surface area (Å²) in [5, 5.41) is 0. The molecular formula is C19H22O5. The normalized spacial score (nSPS) is 16.5. The van der Waals surface area contributed by atoms with Gasteiger partial charge in [0.25, 0.3) is 0 Å². The minimum atomic E-state index is -0.755. The summed E-state index contributed by atoms with van der Waals surface area (Å²) in [6.07, 6.45) is 10.7. The minimum absolute atomic E-state index is 0.0328. The molecule has 0 N–H and O–H groups in total. The Morgan fingerprint density at radius 1 is 1.21 bits per heavy atom. The zero-order chi connectivity index (χ0) is 18.1. The van der Waals surface area contributed by atoms with Crippen molar-refractivity contribution in [1.29, 1.82) is 0 Å². The Bertz CT molecular complexity index is 647. The van der Waals surface area contributed by atoms with Gasteiger partial charge in [0.2, 0.25) is 0 Å². The Balaban J connectivity index is 2.61. The molecule has 0 radical (unpaired) electrons. The molecule has 0 saturated carbocycles. The fourth-order valence-corrected chi connectivity index (χ4v) is 2.20. The van der Waals surface area contributed by atoms with Crippen molar-refractivity contribution in [2.75, 3.05) is 7.11 Å². The van der Waals surface area contributed by atoms with E-state index in [9.17, 15) is 14.4 Å². The fraction of sp³-hybridized carbons (Fsp3) is 0.316. The van der Waals surface area contributed by atoms with Crippen LogP contribution in [0.3, 0.4) is 0 Å². The van der Waals surface area contributed by atoms with Crippen molar-refractivity contribution in [2.45, 2.75) is 26.7 Å². The van der Waals surface area contributed by atoms with Gasteiger partial charge in [-0.3, -0.25) is 9.59 Å². The van der Waals surface area contributed by atoms with Gasteiger partial charge in [-0.05, 0) is 18.9 Å². The van der Waals surface area contributed by atoms with Crippen LogP contribution in [0.1, 0.15) is 26.7 Å². The molecule has 0 aromatic carbocycles. The van der Waals surface area contributed by atoms with E-state index in [0.717, 1.165) is 0 Å². The lowest BCUT2D eigenvalue weighted by Crippen LogP contribution is -2.16. The standard InChI is InChI=1S/C19H22O5/c1-5-6-7-8-9-10-15(20)11-13(2)12-16(21)17-18(23-4)14(3)24-19(17)22/h5-10,13H,3,11-12H2,1-2,4H3. The van der Waals surface area contributed by atoms with E-state index in [1.165, 1.54) is 13.2 Å². The van der Waals surface area contributed by atoms with E-state index in [1.54, 1.807) is 19.1 Å². The molecule has 0 bridgehead atoms. The second kappa shape index (κ2) is 9.45. The number of methoxy groups -OCH3 is 1. The van der Waals surface area contributed by atoms with E-state index >= 15 is 0 Å². The Labute approximate surface area is 142 Å². The lowest BCUT2D eigenvalue weighted by molar-refractivity contribution is -0.134. The molecule has 5 heteroatoms. The largest absolute Gasteiger partial charge is 0.492 e. The molecule has 0 saturated heterocycles. The summed E-state index contributed by atoms with van der Waals surface area (Å²) in [6, 6.07) is 0. The molecular weight excluding hydrogens is 308 g/mol. The summed E-state index contributed by atoms with van der Waals surface area (Å²) in [4.78, 5) is 35.8. The number of carbonyl (C=O) groups excluding carboxylic acids is 3. The Morgan fingerprint density at radius 3 is 2.50 bits per heavy atom. The third-order valence-electron chi connectivity index (χ3n) is 3.27. The molecule has 1 aliphatic heterocycles. The maximum Gasteiger partial charge on any atom is 0.351 e. The summed E-state index contributed by atoms with van der Waals surface area (Å²) in [6.45, 7) is 7.20. The Kier molecular flexibility index (Phi) is 7.62. The number of ketones is 2. The first kappa shape index (κ1) is 19.4. The third kappa shape index (κ3) is 5.50. The monoisotopic (exact) mass is 330 g/mol. The van der Waals surface area contributed by atoms with Crippen LogP contribution >= 0.6 is 0 Å². The molecule has 0 aromatic rings. The zero-order valence-corrected chi connectivity index (χ0v) is 14.2.